The summed E-state index contributed by atoms with van der Waals surface area (Å²) in [5.41, 5.74) is 3.73. The summed E-state index contributed by atoms with van der Waals surface area (Å²) in [5, 5.41) is 8.15. The molecule has 0 saturated heterocycles. The van der Waals surface area contributed by atoms with Crippen LogP contribution in [0.4, 0.5) is 11.4 Å². The molecular formula is C33H32N4O3S. The fraction of sp³-hybridized carbons (Fsp3) is 0.152. The van der Waals surface area contributed by atoms with Gasteiger partial charge < -0.3 is 16.0 Å². The molecule has 4 aromatic rings. The third-order valence-corrected chi connectivity index (χ3v) is 7.26. The molecule has 0 fully saturated rings. The Morgan fingerprint density at radius 3 is 2.17 bits per heavy atom. The molecule has 1 unspecified atom stereocenters. The Balaban J connectivity index is 1.49. The number of pyridine rings is 1. The van der Waals surface area contributed by atoms with Gasteiger partial charge in [-0.1, -0.05) is 62.4 Å². The average Bonchev–Trinajstić information content (AvgIpc) is 2.98. The summed E-state index contributed by atoms with van der Waals surface area (Å²) in [4.78, 5) is 43.8. The van der Waals surface area contributed by atoms with Crippen molar-refractivity contribution in [3.63, 3.8) is 0 Å². The van der Waals surface area contributed by atoms with Crippen LogP contribution in [0.5, 0.6) is 0 Å². The Kier molecular flexibility index (Phi) is 10.1. The molecule has 3 amide bonds. The molecule has 208 valence electrons. The molecule has 1 aromatic heterocycles. The quantitative estimate of drug-likeness (QED) is 0.146. The third kappa shape index (κ3) is 8.65. The predicted molar refractivity (Wildman–Crippen MR) is 166 cm³/mol. The molecule has 0 aliphatic rings. The predicted octanol–water partition coefficient (Wildman–Crippen LogP) is 6.73. The number of rotatable bonds is 10. The summed E-state index contributed by atoms with van der Waals surface area (Å²) < 4.78 is 0. The van der Waals surface area contributed by atoms with E-state index in [1.54, 1.807) is 67.0 Å². The molecule has 8 heteroatoms. The zero-order valence-corrected chi connectivity index (χ0v) is 23.9. The minimum atomic E-state index is -0.465. The van der Waals surface area contributed by atoms with Crippen molar-refractivity contribution in [1.82, 2.24) is 10.3 Å². The van der Waals surface area contributed by atoms with E-state index in [-0.39, 0.29) is 22.8 Å². The molecule has 0 aliphatic heterocycles. The Morgan fingerprint density at radius 2 is 1.49 bits per heavy atom. The van der Waals surface area contributed by atoms with Crippen molar-refractivity contribution in [2.24, 2.45) is 0 Å². The summed E-state index contributed by atoms with van der Waals surface area (Å²) in [6.45, 7) is 6.05. The highest BCUT2D eigenvalue weighted by molar-refractivity contribution is 8.00. The van der Waals surface area contributed by atoms with Crippen molar-refractivity contribution in [2.45, 2.75) is 36.8 Å². The van der Waals surface area contributed by atoms with Crippen LogP contribution in [0.15, 0.2) is 114 Å². The van der Waals surface area contributed by atoms with E-state index >= 15 is 0 Å². The number of hydrogen-bond acceptors (Lipinski definition) is 5. The van der Waals surface area contributed by atoms with Crippen LogP contribution in [0.1, 0.15) is 48.2 Å². The van der Waals surface area contributed by atoms with Gasteiger partial charge in [-0.3, -0.25) is 19.4 Å². The second kappa shape index (κ2) is 14.1. The molecule has 3 aromatic carbocycles. The standard InChI is InChI=1S/C33H32N4O3S/c1-22(2)25-14-12-24(13-15-25)20-30(37-32(39)26-8-5-4-6-9-26)33(40)36-28-10-7-11-29(21-28)41-23(3)31(38)35-27-16-18-34-19-17-27/h4-23H,1-3H3,(H,36,40)(H,37,39)(H,34,35,38)/b30-20+. The van der Waals surface area contributed by atoms with Gasteiger partial charge in [0.25, 0.3) is 11.8 Å². The maximum absolute atomic E-state index is 13.4. The van der Waals surface area contributed by atoms with E-state index in [0.717, 1.165) is 10.5 Å². The van der Waals surface area contributed by atoms with Crippen LogP contribution in [-0.4, -0.2) is 28.0 Å². The molecule has 1 heterocycles. The third-order valence-electron chi connectivity index (χ3n) is 6.16. The minimum Gasteiger partial charge on any atom is -0.325 e. The van der Waals surface area contributed by atoms with Gasteiger partial charge >= 0.3 is 0 Å². The first-order chi connectivity index (χ1) is 19.8. The van der Waals surface area contributed by atoms with Gasteiger partial charge in [0.1, 0.15) is 5.70 Å². The zero-order chi connectivity index (χ0) is 29.2. The van der Waals surface area contributed by atoms with Crippen LogP contribution in [0.2, 0.25) is 0 Å². The van der Waals surface area contributed by atoms with Crippen molar-refractivity contribution in [3.05, 3.63) is 126 Å². The maximum atomic E-state index is 13.4. The van der Waals surface area contributed by atoms with E-state index in [4.69, 9.17) is 0 Å². The van der Waals surface area contributed by atoms with E-state index in [9.17, 15) is 14.4 Å². The van der Waals surface area contributed by atoms with Crippen LogP contribution in [-0.2, 0) is 9.59 Å². The molecule has 0 saturated carbocycles. The van der Waals surface area contributed by atoms with Gasteiger partial charge in [-0.15, -0.1) is 11.8 Å². The van der Waals surface area contributed by atoms with Crippen LogP contribution in [0.25, 0.3) is 6.08 Å². The van der Waals surface area contributed by atoms with Crippen LogP contribution in [0, 0.1) is 0 Å². The number of amides is 3. The first-order valence-corrected chi connectivity index (χ1v) is 14.1. The minimum absolute atomic E-state index is 0.110. The van der Waals surface area contributed by atoms with Gasteiger partial charge in [-0.05, 0) is 72.5 Å². The maximum Gasteiger partial charge on any atom is 0.272 e. The zero-order valence-electron chi connectivity index (χ0n) is 23.1. The molecular weight excluding hydrogens is 532 g/mol. The first-order valence-electron chi connectivity index (χ1n) is 13.3. The van der Waals surface area contributed by atoms with E-state index in [2.05, 4.69) is 34.8 Å². The Hall–Kier alpha value is -4.69. The Bertz CT molecular complexity index is 1520. The number of hydrogen-bond donors (Lipinski definition) is 3. The second-order valence-electron chi connectivity index (χ2n) is 9.67. The summed E-state index contributed by atoms with van der Waals surface area (Å²) in [7, 11) is 0. The van der Waals surface area contributed by atoms with Gasteiger partial charge in [-0.2, -0.15) is 0 Å². The fourth-order valence-corrected chi connectivity index (χ4v) is 4.79. The topological polar surface area (TPSA) is 100 Å². The molecule has 7 nitrogen and oxygen atoms in total. The van der Waals surface area contributed by atoms with Gasteiger partial charge in [0, 0.05) is 34.2 Å². The molecule has 0 radical (unpaired) electrons. The van der Waals surface area contributed by atoms with E-state index in [1.807, 2.05) is 49.4 Å². The normalized spacial score (nSPS) is 12.0. The highest BCUT2D eigenvalue weighted by atomic mass is 32.2. The lowest BCUT2D eigenvalue weighted by Gasteiger charge is -2.14. The molecule has 3 N–H and O–H groups in total. The molecule has 41 heavy (non-hydrogen) atoms. The Labute approximate surface area is 244 Å². The van der Waals surface area contributed by atoms with Crippen LogP contribution < -0.4 is 16.0 Å². The molecule has 0 spiro atoms. The van der Waals surface area contributed by atoms with Gasteiger partial charge in [-0.25, -0.2) is 0 Å². The lowest BCUT2D eigenvalue weighted by molar-refractivity contribution is -0.115. The van der Waals surface area contributed by atoms with Crippen LogP contribution >= 0.6 is 11.8 Å². The average molecular weight is 565 g/mol. The highest BCUT2D eigenvalue weighted by Gasteiger charge is 2.17. The summed E-state index contributed by atoms with van der Waals surface area (Å²) in [6, 6.07) is 27.3. The van der Waals surface area contributed by atoms with Crippen molar-refractivity contribution < 1.29 is 14.4 Å². The molecule has 0 aliphatic carbocycles. The van der Waals surface area contributed by atoms with Crippen LogP contribution in [0.3, 0.4) is 0 Å². The van der Waals surface area contributed by atoms with E-state index in [0.29, 0.717) is 22.9 Å². The first kappa shape index (κ1) is 29.3. The van der Waals surface area contributed by atoms with E-state index < -0.39 is 5.91 Å². The summed E-state index contributed by atoms with van der Waals surface area (Å²) >= 11 is 1.37. The number of benzene rings is 3. The van der Waals surface area contributed by atoms with Crippen molar-refractivity contribution in [1.29, 1.82) is 0 Å². The van der Waals surface area contributed by atoms with Gasteiger partial charge in [0.15, 0.2) is 0 Å². The van der Waals surface area contributed by atoms with Gasteiger partial charge in [0.05, 0.1) is 5.25 Å². The van der Waals surface area contributed by atoms with Gasteiger partial charge in [0.2, 0.25) is 5.91 Å². The number of aromatic nitrogens is 1. The number of carbonyl (C=O) groups excluding carboxylic acids is 3. The van der Waals surface area contributed by atoms with Crippen molar-refractivity contribution in [2.75, 3.05) is 10.6 Å². The van der Waals surface area contributed by atoms with E-state index in [1.165, 1.54) is 17.3 Å². The smallest absolute Gasteiger partial charge is 0.272 e. The monoisotopic (exact) mass is 564 g/mol. The molecule has 1 atom stereocenters. The van der Waals surface area contributed by atoms with Crippen molar-refractivity contribution >= 4 is 46.9 Å². The number of nitrogens with one attached hydrogen (secondary N) is 3. The number of thioether (sulfide) groups is 1. The SMILES string of the molecule is CC(Sc1cccc(NC(=O)/C(=C\c2ccc(C(C)C)cc2)NC(=O)c2ccccc2)c1)C(=O)Nc1ccncc1. The number of anilines is 2. The fourth-order valence-electron chi connectivity index (χ4n) is 3.87. The highest BCUT2D eigenvalue weighted by Crippen LogP contribution is 2.27. The summed E-state index contributed by atoms with van der Waals surface area (Å²) in [6.07, 6.45) is 4.89. The Morgan fingerprint density at radius 1 is 0.780 bits per heavy atom. The molecule has 0 bridgehead atoms. The van der Waals surface area contributed by atoms with Crippen molar-refractivity contribution in [3.8, 4) is 0 Å². The summed E-state index contributed by atoms with van der Waals surface area (Å²) in [5.74, 6) is -0.617. The second-order valence-corrected chi connectivity index (χ2v) is 11.1. The number of nitrogens with zero attached hydrogens (tertiary/aromatic N) is 1. The largest absolute Gasteiger partial charge is 0.325 e. The number of carbonyl (C=O) groups is 3. The molecule has 4 rings (SSSR count). The lowest BCUT2D eigenvalue weighted by atomic mass is 10.0. The lowest BCUT2D eigenvalue weighted by Crippen LogP contribution is -2.30.